The summed E-state index contributed by atoms with van der Waals surface area (Å²) in [5.41, 5.74) is 3.87. The van der Waals surface area contributed by atoms with Gasteiger partial charge < -0.3 is 10.2 Å². The van der Waals surface area contributed by atoms with Gasteiger partial charge in [-0.3, -0.25) is 13.9 Å². The van der Waals surface area contributed by atoms with E-state index in [9.17, 15) is 18.0 Å². The third-order valence-electron chi connectivity index (χ3n) is 7.35. The van der Waals surface area contributed by atoms with Gasteiger partial charge in [0.05, 0.1) is 10.6 Å². The highest BCUT2D eigenvalue weighted by Crippen LogP contribution is 2.28. The minimum absolute atomic E-state index is 0.00282. The van der Waals surface area contributed by atoms with Gasteiger partial charge in [-0.05, 0) is 91.6 Å². The first-order valence-corrected chi connectivity index (χ1v) is 16.8. The number of carbonyl (C=O) groups is 2. The highest BCUT2D eigenvalue weighted by Gasteiger charge is 2.34. The van der Waals surface area contributed by atoms with Crippen LogP contribution in [0.1, 0.15) is 29.2 Å². The lowest BCUT2D eigenvalue weighted by molar-refractivity contribution is -0.140. The lowest BCUT2D eigenvalue weighted by atomic mass is 10.0. The van der Waals surface area contributed by atoms with Gasteiger partial charge in [-0.1, -0.05) is 76.1 Å². The molecule has 44 heavy (non-hydrogen) atoms. The van der Waals surface area contributed by atoms with Crippen molar-refractivity contribution in [3.05, 3.63) is 129 Å². The number of nitrogens with one attached hydrogen (secondary N) is 1. The number of hydrogen-bond donors (Lipinski definition) is 1. The maximum atomic E-state index is 14.4. The number of likely N-dealkylation sites (N-methyl/N-ethyl adjacent to an activating group) is 1. The van der Waals surface area contributed by atoms with E-state index < -0.39 is 28.5 Å². The predicted molar refractivity (Wildman–Crippen MR) is 179 cm³/mol. The Bertz CT molecular complexity index is 1700. The van der Waals surface area contributed by atoms with Crippen LogP contribution < -0.4 is 9.62 Å². The van der Waals surface area contributed by atoms with E-state index in [2.05, 4.69) is 21.2 Å². The first kappa shape index (κ1) is 33.2. The van der Waals surface area contributed by atoms with E-state index in [0.717, 1.165) is 31.0 Å². The fourth-order valence-electron chi connectivity index (χ4n) is 4.78. The van der Waals surface area contributed by atoms with E-state index >= 15 is 0 Å². The van der Waals surface area contributed by atoms with Crippen LogP contribution >= 0.6 is 27.5 Å². The molecule has 0 aromatic heterocycles. The van der Waals surface area contributed by atoms with Gasteiger partial charge in [0.2, 0.25) is 11.8 Å². The van der Waals surface area contributed by atoms with Gasteiger partial charge in [0.1, 0.15) is 12.6 Å². The van der Waals surface area contributed by atoms with Crippen molar-refractivity contribution in [1.29, 1.82) is 0 Å². The largest absolute Gasteiger partial charge is 0.355 e. The van der Waals surface area contributed by atoms with Gasteiger partial charge in [-0.15, -0.1) is 0 Å². The van der Waals surface area contributed by atoms with Crippen LogP contribution in [0.15, 0.2) is 106 Å². The average molecular weight is 697 g/mol. The molecule has 4 aromatic carbocycles. The summed E-state index contributed by atoms with van der Waals surface area (Å²) in [5, 5.41) is 3.26. The number of rotatable bonds is 12. The molecule has 1 N–H and O–H groups in total. The number of anilines is 1. The number of carbonyl (C=O) groups excluding carboxylic acids is 2. The van der Waals surface area contributed by atoms with E-state index in [4.69, 9.17) is 11.6 Å². The van der Waals surface area contributed by atoms with Crippen LogP contribution in [0, 0.1) is 13.8 Å². The number of hydrogen-bond acceptors (Lipinski definition) is 4. The Labute approximate surface area is 273 Å². The Kier molecular flexibility index (Phi) is 11.2. The Morgan fingerprint density at radius 2 is 1.52 bits per heavy atom. The fourth-order valence-corrected chi connectivity index (χ4v) is 6.57. The molecule has 0 bridgehead atoms. The zero-order valence-electron chi connectivity index (χ0n) is 24.8. The molecule has 230 valence electrons. The molecule has 1 atom stereocenters. The highest BCUT2D eigenvalue weighted by molar-refractivity contribution is 9.10. The Morgan fingerprint density at radius 1 is 0.864 bits per heavy atom. The number of aryl methyl sites for hydroxylation is 2. The number of benzene rings is 4. The summed E-state index contributed by atoms with van der Waals surface area (Å²) in [7, 11) is -4.20. The van der Waals surface area contributed by atoms with Gasteiger partial charge in [-0.2, -0.15) is 0 Å². The predicted octanol–water partition coefficient (Wildman–Crippen LogP) is 6.69. The number of nitrogens with zero attached hydrogens (tertiary/aromatic N) is 2. The van der Waals surface area contributed by atoms with Gasteiger partial charge in [0.25, 0.3) is 10.0 Å². The zero-order valence-corrected chi connectivity index (χ0v) is 28.0. The molecule has 0 saturated heterocycles. The van der Waals surface area contributed by atoms with Crippen LogP contribution in [0.4, 0.5) is 5.69 Å². The van der Waals surface area contributed by atoms with Crippen molar-refractivity contribution >= 4 is 55.1 Å². The van der Waals surface area contributed by atoms with Crippen molar-refractivity contribution < 1.29 is 18.0 Å². The van der Waals surface area contributed by atoms with Crippen LogP contribution in [-0.4, -0.2) is 44.3 Å². The SMILES string of the molecule is CCNC(=O)C(Cc1ccccc1)N(Cc1ccc(Br)cc1)C(=O)CN(c1ccc(C)c(C)c1)S(=O)(=O)c1ccc(Cl)cc1. The second-order valence-corrected chi connectivity index (χ2v) is 13.7. The second kappa shape index (κ2) is 14.9. The minimum atomic E-state index is -4.20. The smallest absolute Gasteiger partial charge is 0.264 e. The Balaban J connectivity index is 1.81. The molecule has 4 aromatic rings. The van der Waals surface area contributed by atoms with Crippen molar-refractivity contribution in [3.8, 4) is 0 Å². The molecular weight excluding hydrogens is 662 g/mol. The van der Waals surface area contributed by atoms with Crippen LogP contribution in [0.2, 0.25) is 5.02 Å². The van der Waals surface area contributed by atoms with Crippen molar-refractivity contribution in [2.75, 3.05) is 17.4 Å². The first-order valence-electron chi connectivity index (χ1n) is 14.2. The summed E-state index contributed by atoms with van der Waals surface area (Å²) < 4.78 is 30.2. The minimum Gasteiger partial charge on any atom is -0.355 e. The molecule has 7 nitrogen and oxygen atoms in total. The molecule has 0 heterocycles. The lowest BCUT2D eigenvalue weighted by Gasteiger charge is -2.34. The van der Waals surface area contributed by atoms with E-state index in [1.54, 1.807) is 12.1 Å². The summed E-state index contributed by atoms with van der Waals surface area (Å²) in [6.07, 6.45) is 0.252. The molecule has 0 saturated carbocycles. The molecule has 0 radical (unpaired) electrons. The van der Waals surface area contributed by atoms with Gasteiger partial charge in [-0.25, -0.2) is 8.42 Å². The second-order valence-electron chi connectivity index (χ2n) is 10.5. The highest BCUT2D eigenvalue weighted by atomic mass is 79.9. The van der Waals surface area contributed by atoms with Crippen molar-refractivity contribution in [2.24, 2.45) is 0 Å². The van der Waals surface area contributed by atoms with Crippen LogP contribution in [-0.2, 0) is 32.6 Å². The van der Waals surface area contributed by atoms with Crippen LogP contribution in [0.25, 0.3) is 0 Å². The van der Waals surface area contributed by atoms with Gasteiger partial charge >= 0.3 is 0 Å². The quantitative estimate of drug-likeness (QED) is 0.179. The molecular formula is C34H35BrClN3O4S. The number of sulfonamides is 1. The third kappa shape index (κ3) is 8.28. The molecule has 10 heteroatoms. The Morgan fingerprint density at radius 3 is 2.14 bits per heavy atom. The molecule has 0 fully saturated rings. The molecule has 1 unspecified atom stereocenters. The van der Waals surface area contributed by atoms with Crippen molar-refractivity contribution in [2.45, 2.75) is 44.7 Å². The summed E-state index contributed by atoms with van der Waals surface area (Å²) in [5.74, 6) is -0.837. The number of amides is 2. The molecule has 4 rings (SSSR count). The standard InChI is InChI=1S/C34H35BrClN3O4S/c1-4-37-34(41)32(21-26-8-6-5-7-9-26)38(22-27-11-13-28(35)14-12-27)33(40)23-39(30-17-10-24(2)25(3)20-30)44(42,43)31-18-15-29(36)16-19-31/h5-20,32H,4,21-23H2,1-3H3,(H,37,41). The van der Waals surface area contributed by atoms with E-state index in [0.29, 0.717) is 17.3 Å². The van der Waals surface area contributed by atoms with E-state index in [1.165, 1.54) is 29.2 Å². The molecule has 2 amide bonds. The normalized spacial score (nSPS) is 11.9. The first-order chi connectivity index (χ1) is 21.0. The zero-order chi connectivity index (χ0) is 31.9. The summed E-state index contributed by atoms with van der Waals surface area (Å²) in [6.45, 7) is 5.60. The third-order valence-corrected chi connectivity index (χ3v) is 9.92. The van der Waals surface area contributed by atoms with E-state index in [-0.39, 0.29) is 23.8 Å². The topological polar surface area (TPSA) is 86.8 Å². The molecule has 0 aliphatic rings. The van der Waals surface area contributed by atoms with Crippen molar-refractivity contribution in [1.82, 2.24) is 10.2 Å². The van der Waals surface area contributed by atoms with Crippen molar-refractivity contribution in [3.63, 3.8) is 0 Å². The maximum Gasteiger partial charge on any atom is 0.264 e. The van der Waals surface area contributed by atoms with Crippen LogP contribution in [0.5, 0.6) is 0 Å². The Hall–Kier alpha value is -3.66. The summed E-state index contributed by atoms with van der Waals surface area (Å²) >= 11 is 9.50. The lowest BCUT2D eigenvalue weighted by Crippen LogP contribution is -2.53. The molecule has 0 spiro atoms. The summed E-state index contributed by atoms with van der Waals surface area (Å²) in [6, 6.07) is 27.1. The van der Waals surface area contributed by atoms with Crippen LogP contribution in [0.3, 0.4) is 0 Å². The van der Waals surface area contributed by atoms with Gasteiger partial charge in [0, 0.05) is 29.0 Å². The average Bonchev–Trinajstić information content (AvgIpc) is 3.00. The van der Waals surface area contributed by atoms with E-state index in [1.807, 2.05) is 81.4 Å². The fraction of sp³-hybridized carbons (Fsp3) is 0.235. The monoisotopic (exact) mass is 695 g/mol. The molecule has 0 aliphatic carbocycles. The summed E-state index contributed by atoms with van der Waals surface area (Å²) in [4.78, 5) is 29.5. The molecule has 0 aliphatic heterocycles. The number of halogens is 2. The van der Waals surface area contributed by atoms with Gasteiger partial charge in [0.15, 0.2) is 0 Å². The maximum absolute atomic E-state index is 14.4.